The smallest absolute Gasteiger partial charge is 0.353 e. The zero-order valence-corrected chi connectivity index (χ0v) is 18.5. The molecule has 1 aromatic heterocycles. The summed E-state index contributed by atoms with van der Waals surface area (Å²) in [7, 11) is 0. The van der Waals surface area contributed by atoms with Gasteiger partial charge in [0.05, 0.1) is 11.5 Å². The van der Waals surface area contributed by atoms with Gasteiger partial charge in [-0.2, -0.15) is 0 Å². The molecule has 33 heavy (non-hydrogen) atoms. The van der Waals surface area contributed by atoms with Gasteiger partial charge in [-0.25, -0.2) is 9.97 Å². The largest absolute Gasteiger partial charge is 0.395 e. The molecule has 0 saturated carbocycles. The van der Waals surface area contributed by atoms with E-state index in [1.165, 1.54) is 6.33 Å². The van der Waals surface area contributed by atoms with E-state index in [-0.39, 0.29) is 17.2 Å². The van der Waals surface area contributed by atoms with E-state index in [1.54, 1.807) is 0 Å². The van der Waals surface area contributed by atoms with E-state index in [9.17, 15) is 15.2 Å². The third-order valence-electron chi connectivity index (χ3n) is 5.79. The average Bonchev–Trinajstić information content (AvgIpc) is 2.85. The molecule has 0 bridgehead atoms. The van der Waals surface area contributed by atoms with Crippen molar-refractivity contribution >= 4 is 17.3 Å². The average molecular weight is 449 g/mol. The summed E-state index contributed by atoms with van der Waals surface area (Å²) in [5.74, 6) is 0.662. The van der Waals surface area contributed by atoms with Crippen LogP contribution in [0.25, 0.3) is 0 Å². The summed E-state index contributed by atoms with van der Waals surface area (Å²) in [5, 5.41) is 21.5. The molecule has 0 spiro atoms. The van der Waals surface area contributed by atoms with Gasteiger partial charge in [0, 0.05) is 45.8 Å². The van der Waals surface area contributed by atoms with E-state index in [1.807, 2.05) is 70.5 Å². The van der Waals surface area contributed by atoms with Gasteiger partial charge in [-0.15, -0.1) is 0 Å². The molecule has 1 N–H and O–H groups in total. The van der Waals surface area contributed by atoms with E-state index in [0.29, 0.717) is 44.4 Å². The van der Waals surface area contributed by atoms with Crippen molar-refractivity contribution in [2.75, 3.05) is 49.1 Å². The Hall–Kier alpha value is -3.56. The molecule has 0 atom stereocenters. The summed E-state index contributed by atoms with van der Waals surface area (Å²) in [5.41, 5.74) is 2.01. The van der Waals surface area contributed by atoms with Gasteiger partial charge in [0.25, 0.3) is 0 Å². The van der Waals surface area contributed by atoms with Gasteiger partial charge < -0.3 is 14.9 Å². The number of benzene rings is 2. The highest BCUT2D eigenvalue weighted by Crippen LogP contribution is 2.36. The molecule has 0 aliphatic carbocycles. The maximum atomic E-state index is 12.3. The summed E-state index contributed by atoms with van der Waals surface area (Å²) in [6.07, 6.45) is 1.42. The van der Waals surface area contributed by atoms with Crippen LogP contribution in [-0.2, 0) is 13.1 Å². The number of nitro groups is 1. The second-order valence-electron chi connectivity index (χ2n) is 8.01. The molecule has 9 nitrogen and oxygen atoms in total. The van der Waals surface area contributed by atoms with Crippen molar-refractivity contribution in [3.63, 3.8) is 0 Å². The van der Waals surface area contributed by atoms with E-state index in [0.717, 1.165) is 24.2 Å². The molecule has 1 fully saturated rings. The lowest BCUT2D eigenvalue weighted by atomic mass is 10.1. The lowest BCUT2D eigenvalue weighted by Crippen LogP contribution is -2.47. The van der Waals surface area contributed by atoms with Gasteiger partial charge in [-0.3, -0.25) is 15.0 Å². The topological polar surface area (TPSA) is 98.9 Å². The van der Waals surface area contributed by atoms with Crippen molar-refractivity contribution in [3.05, 3.63) is 88.2 Å². The number of β-amino-alcohol motifs (C(OH)–C–C–N with tert-alkyl or cyclic N) is 1. The van der Waals surface area contributed by atoms with Crippen LogP contribution in [0.15, 0.2) is 67.0 Å². The third kappa shape index (κ3) is 5.63. The zero-order valence-electron chi connectivity index (χ0n) is 18.5. The van der Waals surface area contributed by atoms with Crippen molar-refractivity contribution in [2.45, 2.75) is 13.1 Å². The summed E-state index contributed by atoms with van der Waals surface area (Å²) >= 11 is 0. The van der Waals surface area contributed by atoms with Crippen LogP contribution in [0.5, 0.6) is 0 Å². The standard InChI is InChI=1S/C24H28N6O3/c31-16-15-27-11-13-28(14-12-27)23-22(30(32)33)24(26-19-25-23)29(17-20-7-3-1-4-8-20)18-21-9-5-2-6-10-21/h1-10,19,31H,11-18H2. The molecule has 1 aliphatic rings. The fraction of sp³-hybridized carbons (Fsp3) is 0.333. The SMILES string of the molecule is O=[N+]([O-])c1c(N2CCN(CCO)CC2)ncnc1N(Cc1ccccc1)Cc1ccccc1. The Balaban J connectivity index is 1.68. The van der Waals surface area contributed by atoms with E-state index in [2.05, 4.69) is 14.9 Å². The maximum absolute atomic E-state index is 12.3. The highest BCUT2D eigenvalue weighted by molar-refractivity contribution is 5.71. The van der Waals surface area contributed by atoms with Crippen LogP contribution in [-0.4, -0.2) is 64.2 Å². The number of aliphatic hydroxyl groups excluding tert-OH is 1. The monoisotopic (exact) mass is 448 g/mol. The highest BCUT2D eigenvalue weighted by Gasteiger charge is 2.31. The molecule has 1 saturated heterocycles. The van der Waals surface area contributed by atoms with Gasteiger partial charge in [0.1, 0.15) is 6.33 Å². The first kappa shape index (κ1) is 22.6. The van der Waals surface area contributed by atoms with Crippen molar-refractivity contribution in [1.82, 2.24) is 14.9 Å². The third-order valence-corrected chi connectivity index (χ3v) is 5.79. The second kappa shape index (κ2) is 10.8. The van der Waals surface area contributed by atoms with Crippen LogP contribution in [0.2, 0.25) is 0 Å². The molecule has 2 aromatic carbocycles. The van der Waals surface area contributed by atoms with Crippen molar-refractivity contribution in [1.29, 1.82) is 0 Å². The first-order chi connectivity index (χ1) is 16.2. The number of anilines is 2. The Morgan fingerprint density at radius 3 is 2.00 bits per heavy atom. The van der Waals surface area contributed by atoms with Crippen molar-refractivity contribution in [3.8, 4) is 0 Å². The zero-order chi connectivity index (χ0) is 23.0. The quantitative estimate of drug-likeness (QED) is 0.394. The molecule has 172 valence electrons. The summed E-state index contributed by atoms with van der Waals surface area (Å²) in [4.78, 5) is 26.7. The highest BCUT2D eigenvalue weighted by atomic mass is 16.6. The molecule has 1 aliphatic heterocycles. The number of aromatic nitrogens is 2. The van der Waals surface area contributed by atoms with Crippen LogP contribution in [0.3, 0.4) is 0 Å². The molecule has 3 aromatic rings. The normalized spacial score (nSPS) is 14.3. The number of hydrogen-bond acceptors (Lipinski definition) is 8. The predicted molar refractivity (Wildman–Crippen MR) is 127 cm³/mol. The molecule has 2 heterocycles. The van der Waals surface area contributed by atoms with Crippen molar-refractivity contribution in [2.24, 2.45) is 0 Å². The number of piperazine rings is 1. The van der Waals surface area contributed by atoms with Gasteiger partial charge in [-0.05, 0) is 11.1 Å². The second-order valence-corrected chi connectivity index (χ2v) is 8.01. The number of rotatable bonds is 9. The minimum absolute atomic E-state index is 0.0695. The van der Waals surface area contributed by atoms with Gasteiger partial charge in [-0.1, -0.05) is 60.7 Å². The Bertz CT molecular complexity index is 1000. The summed E-state index contributed by atoms with van der Waals surface area (Å²) in [6.45, 7) is 4.32. The Morgan fingerprint density at radius 2 is 1.48 bits per heavy atom. The summed E-state index contributed by atoms with van der Waals surface area (Å²) < 4.78 is 0. The van der Waals surface area contributed by atoms with Gasteiger partial charge in [0.2, 0.25) is 11.6 Å². The lowest BCUT2D eigenvalue weighted by molar-refractivity contribution is -0.383. The minimum atomic E-state index is -0.367. The van der Waals surface area contributed by atoms with E-state index >= 15 is 0 Å². The number of nitrogens with zero attached hydrogens (tertiary/aromatic N) is 6. The first-order valence-corrected chi connectivity index (χ1v) is 11.1. The van der Waals surface area contributed by atoms with Crippen LogP contribution in [0.1, 0.15) is 11.1 Å². The van der Waals surface area contributed by atoms with Crippen LogP contribution in [0, 0.1) is 10.1 Å². The number of hydrogen-bond donors (Lipinski definition) is 1. The maximum Gasteiger partial charge on any atom is 0.353 e. The Kier molecular flexibility index (Phi) is 7.43. The van der Waals surface area contributed by atoms with Crippen LogP contribution >= 0.6 is 0 Å². The predicted octanol–water partition coefficient (Wildman–Crippen LogP) is 2.71. The fourth-order valence-electron chi connectivity index (χ4n) is 4.12. The molecule has 4 rings (SSSR count). The van der Waals surface area contributed by atoms with E-state index < -0.39 is 0 Å². The molecule has 0 radical (unpaired) electrons. The van der Waals surface area contributed by atoms with Crippen molar-refractivity contribution < 1.29 is 10.0 Å². The molecular formula is C24H28N6O3. The fourth-order valence-corrected chi connectivity index (χ4v) is 4.12. The first-order valence-electron chi connectivity index (χ1n) is 11.1. The number of aliphatic hydroxyl groups is 1. The Labute approximate surface area is 193 Å². The minimum Gasteiger partial charge on any atom is -0.395 e. The Morgan fingerprint density at radius 1 is 0.909 bits per heavy atom. The van der Waals surface area contributed by atoms with Gasteiger partial charge in [0.15, 0.2) is 0 Å². The molecule has 9 heteroatoms. The van der Waals surface area contributed by atoms with Gasteiger partial charge >= 0.3 is 5.69 Å². The lowest BCUT2D eigenvalue weighted by Gasteiger charge is -2.35. The summed E-state index contributed by atoms with van der Waals surface area (Å²) in [6, 6.07) is 19.8. The van der Waals surface area contributed by atoms with E-state index in [4.69, 9.17) is 0 Å². The molecular weight excluding hydrogens is 420 g/mol. The van der Waals surface area contributed by atoms with Crippen LogP contribution < -0.4 is 9.80 Å². The molecule has 0 amide bonds. The molecule has 0 unspecified atom stereocenters. The van der Waals surface area contributed by atoms with Crippen LogP contribution in [0.4, 0.5) is 17.3 Å².